The van der Waals surface area contributed by atoms with Gasteiger partial charge in [-0.25, -0.2) is 18.7 Å². The van der Waals surface area contributed by atoms with E-state index < -0.39 is 23.3 Å². The highest BCUT2D eigenvalue weighted by Crippen LogP contribution is 2.30. The lowest BCUT2D eigenvalue weighted by molar-refractivity contribution is -0.0516. The SMILES string of the molecule is C1CCOC1.CC(C)(O)C(O)c1cc2nc(N)c(N3CCC(Oc4cc(F)ccc4F)CC3)nc2cn1. The van der Waals surface area contributed by atoms with E-state index in [0.717, 1.165) is 31.4 Å². The molecule has 2 saturated heterocycles. The second-order valence-corrected chi connectivity index (χ2v) is 9.79. The fourth-order valence-corrected chi connectivity index (χ4v) is 4.17. The van der Waals surface area contributed by atoms with Crippen molar-refractivity contribution in [1.29, 1.82) is 0 Å². The first-order valence-electron chi connectivity index (χ1n) is 12.4. The normalized spacial score (nSPS) is 17.4. The van der Waals surface area contributed by atoms with Crippen LogP contribution < -0.4 is 15.4 Å². The van der Waals surface area contributed by atoms with Crippen LogP contribution in [0, 0.1) is 11.6 Å². The Morgan fingerprint density at radius 2 is 1.81 bits per heavy atom. The molecule has 5 rings (SSSR count). The van der Waals surface area contributed by atoms with Crippen LogP contribution in [0.2, 0.25) is 0 Å². The van der Waals surface area contributed by atoms with Gasteiger partial charge < -0.3 is 30.3 Å². The minimum absolute atomic E-state index is 0.0939. The molecule has 0 radical (unpaired) electrons. The van der Waals surface area contributed by atoms with Gasteiger partial charge >= 0.3 is 0 Å². The number of hydrogen-bond acceptors (Lipinski definition) is 9. The predicted octanol–water partition coefficient (Wildman–Crippen LogP) is 3.53. The van der Waals surface area contributed by atoms with E-state index in [0.29, 0.717) is 42.8 Å². The lowest BCUT2D eigenvalue weighted by Crippen LogP contribution is -2.39. The maximum absolute atomic E-state index is 13.8. The summed E-state index contributed by atoms with van der Waals surface area (Å²) in [6.07, 6.45) is 3.74. The fraction of sp³-hybridized carbons (Fsp3) is 0.500. The number of benzene rings is 1. The largest absolute Gasteiger partial charge is 0.487 e. The average molecular weight is 518 g/mol. The van der Waals surface area contributed by atoms with E-state index in [2.05, 4.69) is 15.0 Å². The van der Waals surface area contributed by atoms with Gasteiger partial charge in [0, 0.05) is 45.2 Å². The van der Waals surface area contributed by atoms with Crippen LogP contribution in [0.5, 0.6) is 5.75 Å². The minimum Gasteiger partial charge on any atom is -0.487 e. The van der Waals surface area contributed by atoms with Gasteiger partial charge in [-0.3, -0.25) is 4.98 Å². The minimum atomic E-state index is -1.36. The zero-order chi connectivity index (χ0) is 26.6. The molecule has 0 amide bonds. The molecule has 0 bridgehead atoms. The number of aromatic nitrogens is 3. The van der Waals surface area contributed by atoms with Gasteiger partial charge in [0.05, 0.1) is 23.0 Å². The lowest BCUT2D eigenvalue weighted by atomic mass is 9.98. The molecule has 11 heteroatoms. The Bertz CT molecular complexity index is 1200. The molecule has 0 saturated carbocycles. The third-order valence-corrected chi connectivity index (χ3v) is 6.28. The van der Waals surface area contributed by atoms with Crippen molar-refractivity contribution in [2.24, 2.45) is 0 Å². The van der Waals surface area contributed by atoms with Crippen molar-refractivity contribution in [3.05, 3.63) is 47.8 Å². The number of nitrogen functional groups attached to an aromatic ring is 1. The maximum atomic E-state index is 13.8. The topological polar surface area (TPSA) is 127 Å². The maximum Gasteiger partial charge on any atom is 0.172 e. The van der Waals surface area contributed by atoms with Crippen molar-refractivity contribution in [1.82, 2.24) is 15.0 Å². The van der Waals surface area contributed by atoms with Crippen molar-refractivity contribution in [2.75, 3.05) is 36.9 Å². The molecule has 9 nitrogen and oxygen atoms in total. The number of ether oxygens (including phenoxy) is 2. The molecule has 4 heterocycles. The van der Waals surface area contributed by atoms with E-state index in [1.54, 1.807) is 6.07 Å². The van der Waals surface area contributed by atoms with Crippen LogP contribution in [0.25, 0.3) is 11.0 Å². The van der Waals surface area contributed by atoms with Gasteiger partial charge in [-0.15, -0.1) is 0 Å². The molecule has 2 aromatic heterocycles. The third-order valence-electron chi connectivity index (χ3n) is 6.28. The molecular formula is C26H33F2N5O4. The summed E-state index contributed by atoms with van der Waals surface area (Å²) in [4.78, 5) is 15.1. The van der Waals surface area contributed by atoms with Crippen LogP contribution in [-0.2, 0) is 4.74 Å². The first kappa shape index (κ1) is 26.9. The summed E-state index contributed by atoms with van der Waals surface area (Å²) in [6.45, 7) is 6.08. The Hall–Kier alpha value is -3.15. The molecule has 0 aliphatic carbocycles. The summed E-state index contributed by atoms with van der Waals surface area (Å²) in [5, 5.41) is 20.3. The smallest absolute Gasteiger partial charge is 0.172 e. The van der Waals surface area contributed by atoms with Crippen LogP contribution in [0.1, 0.15) is 51.3 Å². The Kier molecular flexibility index (Phi) is 8.35. The van der Waals surface area contributed by atoms with Crippen LogP contribution in [0.15, 0.2) is 30.5 Å². The summed E-state index contributed by atoms with van der Waals surface area (Å²) >= 11 is 0. The van der Waals surface area contributed by atoms with Crippen LogP contribution in [-0.4, -0.2) is 63.2 Å². The standard InChI is InChI=1S/C22H25F2N5O3.C4H8O/c1-22(2,31)19(30)16-10-15-17(11-26-16)28-21(20(25)27-15)29-7-5-13(6-8-29)32-18-9-12(23)3-4-14(18)24;1-2-4-5-3-1/h3-4,9-11,13,19,30-31H,5-8H2,1-2H3,(H2,25,27);1-4H2. The number of nitrogens with zero attached hydrogens (tertiary/aromatic N) is 4. The highest BCUT2D eigenvalue weighted by atomic mass is 19.1. The number of pyridine rings is 1. The van der Waals surface area contributed by atoms with E-state index in [4.69, 9.17) is 15.2 Å². The van der Waals surface area contributed by atoms with Crippen LogP contribution >= 0.6 is 0 Å². The third kappa shape index (κ3) is 6.79. The molecule has 4 N–H and O–H groups in total. The van der Waals surface area contributed by atoms with Crippen molar-refractivity contribution < 1.29 is 28.5 Å². The van der Waals surface area contributed by atoms with Gasteiger partial charge in [0.2, 0.25) is 0 Å². The number of fused-ring (bicyclic) bond motifs is 1. The number of rotatable bonds is 5. The molecule has 2 fully saturated rings. The zero-order valence-corrected chi connectivity index (χ0v) is 21.0. The number of nitrogens with two attached hydrogens (primary N) is 1. The predicted molar refractivity (Wildman–Crippen MR) is 135 cm³/mol. The Morgan fingerprint density at radius 3 is 2.43 bits per heavy atom. The summed E-state index contributed by atoms with van der Waals surface area (Å²) in [5.41, 5.74) is 6.02. The number of aliphatic hydroxyl groups excluding tert-OH is 1. The molecule has 0 spiro atoms. The molecule has 2 aliphatic rings. The van der Waals surface area contributed by atoms with E-state index in [1.165, 1.54) is 32.9 Å². The van der Waals surface area contributed by atoms with E-state index in [9.17, 15) is 19.0 Å². The average Bonchev–Trinajstić information content (AvgIpc) is 3.45. The molecule has 1 aromatic carbocycles. The Morgan fingerprint density at radius 1 is 1.11 bits per heavy atom. The summed E-state index contributed by atoms with van der Waals surface area (Å²) in [6, 6.07) is 4.70. The van der Waals surface area contributed by atoms with Gasteiger partial charge in [0.15, 0.2) is 23.2 Å². The fourth-order valence-electron chi connectivity index (χ4n) is 4.17. The van der Waals surface area contributed by atoms with Crippen LogP contribution in [0.4, 0.5) is 20.4 Å². The number of anilines is 2. The van der Waals surface area contributed by atoms with E-state index >= 15 is 0 Å². The van der Waals surface area contributed by atoms with Crippen molar-refractivity contribution in [3.8, 4) is 5.75 Å². The van der Waals surface area contributed by atoms with Gasteiger partial charge in [0.25, 0.3) is 0 Å². The highest BCUT2D eigenvalue weighted by molar-refractivity contribution is 5.79. The Labute approximate surface area is 214 Å². The second kappa shape index (κ2) is 11.5. The molecule has 1 atom stereocenters. The first-order valence-corrected chi connectivity index (χ1v) is 12.4. The Balaban J connectivity index is 0.000000572. The quantitative estimate of drug-likeness (QED) is 0.466. The number of hydrogen-bond donors (Lipinski definition) is 3. The van der Waals surface area contributed by atoms with E-state index in [1.807, 2.05) is 4.90 Å². The molecule has 37 heavy (non-hydrogen) atoms. The van der Waals surface area contributed by atoms with Crippen molar-refractivity contribution >= 4 is 22.7 Å². The molecule has 1 unspecified atom stereocenters. The summed E-state index contributed by atoms with van der Waals surface area (Å²) in [5.74, 6) is -0.512. The zero-order valence-electron chi connectivity index (χ0n) is 21.0. The summed E-state index contributed by atoms with van der Waals surface area (Å²) in [7, 11) is 0. The molecular weight excluding hydrogens is 484 g/mol. The molecule has 3 aromatic rings. The first-order chi connectivity index (χ1) is 17.6. The molecule has 2 aliphatic heterocycles. The van der Waals surface area contributed by atoms with Gasteiger partial charge in [-0.2, -0.15) is 0 Å². The van der Waals surface area contributed by atoms with Gasteiger partial charge in [-0.05, 0) is 44.9 Å². The molecule has 200 valence electrons. The van der Waals surface area contributed by atoms with E-state index in [-0.39, 0.29) is 23.4 Å². The summed E-state index contributed by atoms with van der Waals surface area (Å²) < 4.78 is 37.8. The van der Waals surface area contributed by atoms with Crippen molar-refractivity contribution in [2.45, 2.75) is 57.3 Å². The monoisotopic (exact) mass is 517 g/mol. The number of piperidine rings is 1. The highest BCUT2D eigenvalue weighted by Gasteiger charge is 2.28. The number of aliphatic hydroxyl groups is 2. The number of halogens is 2. The van der Waals surface area contributed by atoms with Crippen LogP contribution in [0.3, 0.4) is 0 Å². The van der Waals surface area contributed by atoms with Gasteiger partial charge in [-0.1, -0.05) is 0 Å². The second-order valence-electron chi connectivity index (χ2n) is 9.79. The van der Waals surface area contributed by atoms with Gasteiger partial charge in [0.1, 0.15) is 23.5 Å². The lowest BCUT2D eigenvalue weighted by Gasteiger charge is -2.33. The van der Waals surface area contributed by atoms with Crippen molar-refractivity contribution in [3.63, 3.8) is 0 Å².